The Morgan fingerprint density at radius 2 is 2.00 bits per heavy atom. The average molecular weight is 355 g/mol. The van der Waals surface area contributed by atoms with E-state index in [9.17, 15) is 0 Å². The van der Waals surface area contributed by atoms with Crippen molar-refractivity contribution in [2.45, 2.75) is 26.8 Å². The second kappa shape index (κ2) is 7.53. The zero-order valence-electron chi connectivity index (χ0n) is 14.8. The quantitative estimate of drug-likeness (QED) is 0.640. The fraction of sp³-hybridized carbons (Fsp3) is 0.263. The smallest absolute Gasteiger partial charge is 0.206 e. The molecule has 5 nitrogen and oxygen atoms in total. The summed E-state index contributed by atoms with van der Waals surface area (Å²) < 4.78 is 12.9. The van der Waals surface area contributed by atoms with Crippen LogP contribution in [0, 0.1) is 6.92 Å². The van der Waals surface area contributed by atoms with Crippen molar-refractivity contribution in [3.63, 3.8) is 0 Å². The molecular formula is C19H21N3O2S. The molecule has 0 bridgehead atoms. The third-order valence-electron chi connectivity index (χ3n) is 3.50. The molecule has 0 unspecified atom stereocenters. The van der Waals surface area contributed by atoms with E-state index in [2.05, 4.69) is 10.1 Å². The summed E-state index contributed by atoms with van der Waals surface area (Å²) in [4.78, 5) is 5.50. The normalized spacial score (nSPS) is 12.4. The molecule has 0 aliphatic rings. The van der Waals surface area contributed by atoms with E-state index in [0.717, 1.165) is 27.6 Å². The summed E-state index contributed by atoms with van der Waals surface area (Å²) in [6.07, 6.45) is 1.71. The predicted octanol–water partition coefficient (Wildman–Crippen LogP) is 4.32. The monoisotopic (exact) mass is 355 g/mol. The van der Waals surface area contributed by atoms with Gasteiger partial charge in [0.1, 0.15) is 17.3 Å². The summed E-state index contributed by atoms with van der Waals surface area (Å²) in [7, 11) is 1.67. The highest BCUT2D eigenvalue weighted by Crippen LogP contribution is 2.29. The minimum Gasteiger partial charge on any atom is -0.496 e. The van der Waals surface area contributed by atoms with E-state index in [1.165, 1.54) is 0 Å². The van der Waals surface area contributed by atoms with Crippen molar-refractivity contribution in [3.8, 4) is 17.0 Å². The fourth-order valence-corrected chi connectivity index (χ4v) is 3.36. The first-order chi connectivity index (χ1) is 12.1. The average Bonchev–Trinajstić information content (AvgIpc) is 3.18. The minimum absolute atomic E-state index is 0.177. The third kappa shape index (κ3) is 3.91. The number of para-hydroxylation sites is 1. The van der Waals surface area contributed by atoms with Crippen LogP contribution in [0.2, 0.25) is 0 Å². The van der Waals surface area contributed by atoms with Gasteiger partial charge < -0.3 is 9.15 Å². The summed E-state index contributed by atoms with van der Waals surface area (Å²) >= 11 is 1.56. The van der Waals surface area contributed by atoms with E-state index in [4.69, 9.17) is 9.15 Å². The number of benzene rings is 1. The molecule has 1 aromatic carbocycles. The van der Waals surface area contributed by atoms with Gasteiger partial charge in [-0.2, -0.15) is 5.10 Å². The largest absolute Gasteiger partial charge is 0.496 e. The van der Waals surface area contributed by atoms with Crippen LogP contribution in [-0.4, -0.2) is 24.0 Å². The Hall–Kier alpha value is -2.60. The van der Waals surface area contributed by atoms with Gasteiger partial charge in [-0.3, -0.25) is 4.99 Å². The third-order valence-corrected chi connectivity index (χ3v) is 4.33. The van der Waals surface area contributed by atoms with Gasteiger partial charge in [0.2, 0.25) is 4.80 Å². The van der Waals surface area contributed by atoms with Crippen molar-refractivity contribution in [2.24, 2.45) is 10.1 Å². The number of thiazole rings is 1. The zero-order chi connectivity index (χ0) is 17.8. The molecule has 0 aliphatic carbocycles. The van der Waals surface area contributed by atoms with Crippen LogP contribution < -0.4 is 9.54 Å². The van der Waals surface area contributed by atoms with Crippen molar-refractivity contribution < 1.29 is 9.15 Å². The molecule has 130 valence electrons. The Labute approximate surface area is 150 Å². The first-order valence-electron chi connectivity index (χ1n) is 8.07. The number of rotatable bonds is 5. The fourth-order valence-electron chi connectivity index (χ4n) is 2.40. The first-order valence-corrected chi connectivity index (χ1v) is 8.95. The summed E-state index contributed by atoms with van der Waals surface area (Å²) in [6.45, 7) is 6.01. The number of aryl methyl sites for hydroxylation is 1. The van der Waals surface area contributed by atoms with Gasteiger partial charge in [-0.1, -0.05) is 12.1 Å². The SMILES string of the molecule is COc1ccccc1-c1csc(=NC(C)C)n1N=Cc1ccc(C)o1. The number of furan rings is 1. The molecule has 25 heavy (non-hydrogen) atoms. The van der Waals surface area contributed by atoms with E-state index in [1.54, 1.807) is 24.7 Å². The van der Waals surface area contributed by atoms with Gasteiger partial charge in [0.05, 0.1) is 19.0 Å². The summed E-state index contributed by atoms with van der Waals surface area (Å²) in [5.41, 5.74) is 1.90. The summed E-state index contributed by atoms with van der Waals surface area (Å²) in [5.74, 6) is 2.36. The second-order valence-corrected chi connectivity index (χ2v) is 6.67. The van der Waals surface area contributed by atoms with E-state index in [1.807, 2.05) is 67.2 Å². The molecule has 0 N–H and O–H groups in total. The minimum atomic E-state index is 0.177. The molecule has 0 radical (unpaired) electrons. The zero-order valence-corrected chi connectivity index (χ0v) is 15.6. The number of hydrogen-bond donors (Lipinski definition) is 0. The molecule has 0 fully saturated rings. The summed E-state index contributed by atoms with van der Waals surface area (Å²) in [6, 6.07) is 11.9. The van der Waals surface area contributed by atoms with Crippen molar-refractivity contribution in [1.29, 1.82) is 0 Å². The van der Waals surface area contributed by atoms with Crippen LogP contribution in [0.5, 0.6) is 5.75 Å². The molecule has 2 aromatic heterocycles. The lowest BCUT2D eigenvalue weighted by Gasteiger charge is -2.08. The molecule has 0 spiro atoms. The van der Waals surface area contributed by atoms with Gasteiger partial charge in [0, 0.05) is 17.0 Å². The highest BCUT2D eigenvalue weighted by atomic mass is 32.1. The number of ether oxygens (including phenoxy) is 1. The highest BCUT2D eigenvalue weighted by Gasteiger charge is 2.12. The maximum Gasteiger partial charge on any atom is 0.206 e. The van der Waals surface area contributed by atoms with Crippen molar-refractivity contribution in [2.75, 3.05) is 7.11 Å². The van der Waals surface area contributed by atoms with E-state index in [-0.39, 0.29) is 6.04 Å². The lowest BCUT2D eigenvalue weighted by Crippen LogP contribution is -2.14. The number of aromatic nitrogens is 1. The standard InChI is InChI=1S/C19H21N3O2S/c1-13(2)21-19-22(20-11-15-10-9-14(3)24-15)17(12-25-19)16-7-5-6-8-18(16)23-4/h5-13H,1-4H3. The molecule has 2 heterocycles. The Bertz CT molecular complexity index is 947. The topological polar surface area (TPSA) is 52.0 Å². The highest BCUT2D eigenvalue weighted by molar-refractivity contribution is 7.07. The molecule has 0 atom stereocenters. The van der Waals surface area contributed by atoms with Gasteiger partial charge in [0.15, 0.2) is 0 Å². The molecule has 3 aromatic rings. The van der Waals surface area contributed by atoms with Crippen LogP contribution in [-0.2, 0) is 0 Å². The van der Waals surface area contributed by atoms with Gasteiger partial charge >= 0.3 is 0 Å². The Balaban J connectivity index is 2.13. The Morgan fingerprint density at radius 1 is 1.20 bits per heavy atom. The summed E-state index contributed by atoms with van der Waals surface area (Å²) in [5, 5.41) is 6.66. The molecule has 0 saturated heterocycles. The van der Waals surface area contributed by atoms with E-state index >= 15 is 0 Å². The van der Waals surface area contributed by atoms with E-state index < -0.39 is 0 Å². The van der Waals surface area contributed by atoms with E-state index in [0.29, 0.717) is 5.76 Å². The van der Waals surface area contributed by atoms with Crippen LogP contribution in [0.3, 0.4) is 0 Å². The molecule has 0 aliphatic heterocycles. The molecule has 6 heteroatoms. The Morgan fingerprint density at radius 3 is 2.68 bits per heavy atom. The van der Waals surface area contributed by atoms with Gasteiger partial charge in [-0.15, -0.1) is 11.3 Å². The van der Waals surface area contributed by atoms with Crippen LogP contribution in [0.1, 0.15) is 25.4 Å². The number of methoxy groups -OCH3 is 1. The molecule has 0 saturated carbocycles. The molecule has 0 amide bonds. The maximum absolute atomic E-state index is 5.58. The van der Waals surface area contributed by atoms with Crippen molar-refractivity contribution >= 4 is 17.6 Å². The first kappa shape index (κ1) is 17.2. The number of hydrogen-bond acceptors (Lipinski definition) is 5. The maximum atomic E-state index is 5.58. The predicted molar refractivity (Wildman–Crippen MR) is 101 cm³/mol. The Kier molecular flexibility index (Phi) is 5.19. The van der Waals surface area contributed by atoms with Gasteiger partial charge in [-0.05, 0) is 45.0 Å². The van der Waals surface area contributed by atoms with Crippen LogP contribution in [0.15, 0.2) is 56.3 Å². The van der Waals surface area contributed by atoms with Crippen molar-refractivity contribution in [1.82, 2.24) is 4.68 Å². The van der Waals surface area contributed by atoms with Gasteiger partial charge in [-0.25, -0.2) is 4.68 Å². The lowest BCUT2D eigenvalue weighted by molar-refractivity contribution is 0.416. The van der Waals surface area contributed by atoms with Crippen LogP contribution in [0.4, 0.5) is 0 Å². The molecule has 3 rings (SSSR count). The van der Waals surface area contributed by atoms with Gasteiger partial charge in [0.25, 0.3) is 0 Å². The van der Waals surface area contributed by atoms with Crippen LogP contribution >= 0.6 is 11.3 Å². The second-order valence-electron chi connectivity index (χ2n) is 5.83. The number of nitrogens with zero attached hydrogens (tertiary/aromatic N) is 3. The lowest BCUT2D eigenvalue weighted by atomic mass is 10.1. The van der Waals surface area contributed by atoms with Crippen molar-refractivity contribution in [3.05, 3.63) is 58.1 Å². The van der Waals surface area contributed by atoms with Crippen LogP contribution in [0.25, 0.3) is 11.3 Å². The molecular weight excluding hydrogens is 334 g/mol.